The Kier molecular flexibility index (Phi) is 4.22. The number of hydrogen-bond donors (Lipinski definition) is 1. The fraction of sp³-hybridized carbons (Fsp3) is 0.455. The predicted molar refractivity (Wildman–Crippen MR) is 59.9 cm³/mol. The zero-order valence-electron chi connectivity index (χ0n) is 9.71. The Morgan fingerprint density at radius 2 is 1.88 bits per heavy atom. The quantitative estimate of drug-likeness (QED) is 0.830. The summed E-state index contributed by atoms with van der Waals surface area (Å²) in [6.07, 6.45) is -4.41. The lowest BCUT2D eigenvalue weighted by molar-refractivity contribution is -0.137. The summed E-state index contributed by atoms with van der Waals surface area (Å²) in [6.45, 7) is 0.934. The average Bonchev–Trinajstić information content (AvgIpc) is 2.14. The maximum Gasteiger partial charge on any atom is 0.416 e. The molecule has 1 rings (SSSR count). The molecule has 0 radical (unpaired) electrons. The molecule has 0 saturated carbocycles. The van der Waals surface area contributed by atoms with Crippen LogP contribution in [0.3, 0.4) is 0 Å². The Bertz CT molecular complexity index is 377. The van der Waals surface area contributed by atoms with Crippen molar-refractivity contribution in [3.05, 3.63) is 23.8 Å². The van der Waals surface area contributed by atoms with Gasteiger partial charge in [0.25, 0.3) is 0 Å². The molecule has 1 aromatic carbocycles. The van der Waals surface area contributed by atoms with Gasteiger partial charge in [0, 0.05) is 18.3 Å². The van der Waals surface area contributed by atoms with Gasteiger partial charge in [-0.2, -0.15) is 13.2 Å². The van der Waals surface area contributed by atoms with Crippen LogP contribution in [-0.4, -0.2) is 32.1 Å². The van der Waals surface area contributed by atoms with Gasteiger partial charge in [0.05, 0.1) is 5.56 Å². The summed E-state index contributed by atoms with van der Waals surface area (Å²) in [4.78, 5) is 1.87. The molecule has 0 aliphatic heterocycles. The van der Waals surface area contributed by atoms with Gasteiger partial charge in [-0.15, -0.1) is 0 Å². The lowest BCUT2D eigenvalue weighted by Gasteiger charge is -2.13. The third-order valence-electron chi connectivity index (χ3n) is 2.06. The van der Waals surface area contributed by atoms with E-state index in [1.165, 1.54) is 6.07 Å². The SMILES string of the molecule is CN(C)CCOc1cc(N)cc(C(F)(F)F)c1. The van der Waals surface area contributed by atoms with Crippen LogP contribution in [0.4, 0.5) is 18.9 Å². The molecule has 0 heterocycles. The molecule has 1 aromatic rings. The summed E-state index contributed by atoms with van der Waals surface area (Å²) in [5, 5.41) is 0. The van der Waals surface area contributed by atoms with Crippen LogP contribution in [0.15, 0.2) is 18.2 Å². The number of halogens is 3. The first kappa shape index (κ1) is 13.6. The fourth-order valence-electron chi connectivity index (χ4n) is 1.22. The lowest BCUT2D eigenvalue weighted by Crippen LogP contribution is -2.19. The second-order valence-electron chi connectivity index (χ2n) is 3.94. The van der Waals surface area contributed by atoms with Gasteiger partial charge in [0.2, 0.25) is 0 Å². The van der Waals surface area contributed by atoms with Crippen molar-refractivity contribution in [3.63, 3.8) is 0 Å². The largest absolute Gasteiger partial charge is 0.492 e. The average molecular weight is 248 g/mol. The van der Waals surface area contributed by atoms with Crippen LogP contribution in [0.2, 0.25) is 0 Å². The first-order valence-electron chi connectivity index (χ1n) is 5.04. The van der Waals surface area contributed by atoms with Crippen LogP contribution in [0.25, 0.3) is 0 Å². The number of nitrogen functional groups attached to an aromatic ring is 1. The second kappa shape index (κ2) is 5.27. The first-order valence-corrected chi connectivity index (χ1v) is 5.04. The predicted octanol–water partition coefficient (Wildman–Crippen LogP) is 2.23. The number of rotatable bonds is 4. The molecule has 0 bridgehead atoms. The van der Waals surface area contributed by atoms with Gasteiger partial charge in [-0.3, -0.25) is 0 Å². The van der Waals surface area contributed by atoms with Gasteiger partial charge in [-0.05, 0) is 26.2 Å². The van der Waals surface area contributed by atoms with Crippen LogP contribution in [0.1, 0.15) is 5.56 Å². The minimum atomic E-state index is -4.41. The van der Waals surface area contributed by atoms with Crippen LogP contribution >= 0.6 is 0 Å². The minimum absolute atomic E-state index is 0.0414. The van der Waals surface area contributed by atoms with E-state index in [2.05, 4.69) is 0 Å². The van der Waals surface area contributed by atoms with Crippen molar-refractivity contribution in [1.82, 2.24) is 4.90 Å². The van der Waals surface area contributed by atoms with Crippen LogP contribution in [-0.2, 0) is 6.18 Å². The number of likely N-dealkylation sites (N-methyl/N-ethyl adjacent to an activating group) is 1. The van der Waals surface area contributed by atoms with Gasteiger partial charge in [0.15, 0.2) is 0 Å². The molecule has 0 fully saturated rings. The van der Waals surface area contributed by atoms with Gasteiger partial charge >= 0.3 is 6.18 Å². The Hall–Kier alpha value is -1.43. The monoisotopic (exact) mass is 248 g/mol. The standard InChI is InChI=1S/C11H15F3N2O/c1-16(2)3-4-17-10-6-8(11(12,13)14)5-9(15)7-10/h5-7H,3-4,15H2,1-2H3. The molecule has 0 aliphatic rings. The van der Waals surface area contributed by atoms with Crippen molar-refractivity contribution < 1.29 is 17.9 Å². The van der Waals surface area contributed by atoms with E-state index in [9.17, 15) is 13.2 Å². The number of nitrogens with zero attached hydrogens (tertiary/aromatic N) is 1. The third-order valence-corrected chi connectivity index (χ3v) is 2.06. The molecule has 0 aromatic heterocycles. The topological polar surface area (TPSA) is 38.5 Å². The number of hydrogen-bond acceptors (Lipinski definition) is 3. The zero-order chi connectivity index (χ0) is 13.1. The highest BCUT2D eigenvalue weighted by molar-refractivity contribution is 5.48. The molecule has 2 N–H and O–H groups in total. The summed E-state index contributed by atoms with van der Waals surface area (Å²) >= 11 is 0. The van der Waals surface area contributed by atoms with Crippen molar-refractivity contribution >= 4 is 5.69 Å². The molecular formula is C11H15F3N2O. The first-order chi connectivity index (χ1) is 7.79. The van der Waals surface area contributed by atoms with Crippen molar-refractivity contribution in [3.8, 4) is 5.75 Å². The smallest absolute Gasteiger partial charge is 0.416 e. The van der Waals surface area contributed by atoms with Crippen molar-refractivity contribution in [2.24, 2.45) is 0 Å². The summed E-state index contributed by atoms with van der Waals surface area (Å²) < 4.78 is 42.6. The number of alkyl halides is 3. The molecule has 0 amide bonds. The molecule has 6 heteroatoms. The van der Waals surface area contributed by atoms with Crippen molar-refractivity contribution in [2.75, 3.05) is 33.0 Å². The van der Waals surface area contributed by atoms with E-state index >= 15 is 0 Å². The zero-order valence-corrected chi connectivity index (χ0v) is 9.71. The van der Waals surface area contributed by atoms with E-state index in [0.717, 1.165) is 12.1 Å². The number of anilines is 1. The molecule has 96 valence electrons. The molecule has 0 atom stereocenters. The van der Waals surface area contributed by atoms with Crippen LogP contribution in [0, 0.1) is 0 Å². The Morgan fingerprint density at radius 1 is 1.24 bits per heavy atom. The number of benzene rings is 1. The maximum atomic E-state index is 12.5. The van der Waals surface area contributed by atoms with Crippen LogP contribution in [0.5, 0.6) is 5.75 Å². The lowest BCUT2D eigenvalue weighted by atomic mass is 10.2. The summed E-state index contributed by atoms with van der Waals surface area (Å²) in [7, 11) is 3.70. The van der Waals surface area contributed by atoms with E-state index in [1.54, 1.807) is 0 Å². The van der Waals surface area contributed by atoms with E-state index in [1.807, 2.05) is 19.0 Å². The fourth-order valence-corrected chi connectivity index (χ4v) is 1.22. The van der Waals surface area contributed by atoms with Crippen LogP contribution < -0.4 is 10.5 Å². The highest BCUT2D eigenvalue weighted by Gasteiger charge is 2.31. The van der Waals surface area contributed by atoms with Crippen molar-refractivity contribution in [2.45, 2.75) is 6.18 Å². The Morgan fingerprint density at radius 3 is 2.41 bits per heavy atom. The summed E-state index contributed by atoms with van der Waals surface area (Å²) in [5.74, 6) is 0.138. The molecule has 0 spiro atoms. The van der Waals surface area contributed by atoms with E-state index in [-0.39, 0.29) is 11.4 Å². The number of ether oxygens (including phenoxy) is 1. The molecular weight excluding hydrogens is 233 g/mol. The Labute approximate surface area is 98.0 Å². The molecule has 17 heavy (non-hydrogen) atoms. The van der Waals surface area contributed by atoms with Gasteiger partial charge in [-0.1, -0.05) is 0 Å². The number of nitrogens with two attached hydrogens (primary N) is 1. The van der Waals surface area contributed by atoms with E-state index in [4.69, 9.17) is 10.5 Å². The van der Waals surface area contributed by atoms with Gasteiger partial charge in [0.1, 0.15) is 12.4 Å². The highest BCUT2D eigenvalue weighted by atomic mass is 19.4. The molecule has 0 saturated heterocycles. The van der Waals surface area contributed by atoms with Crippen molar-refractivity contribution in [1.29, 1.82) is 0 Å². The minimum Gasteiger partial charge on any atom is -0.492 e. The molecule has 0 unspecified atom stereocenters. The van der Waals surface area contributed by atoms with Gasteiger partial charge in [-0.25, -0.2) is 0 Å². The summed E-state index contributed by atoms with van der Waals surface area (Å²) in [5.41, 5.74) is 4.64. The summed E-state index contributed by atoms with van der Waals surface area (Å²) in [6, 6.07) is 3.22. The van der Waals surface area contributed by atoms with E-state index in [0.29, 0.717) is 13.2 Å². The third kappa shape index (κ3) is 4.52. The molecule has 0 aliphatic carbocycles. The second-order valence-corrected chi connectivity index (χ2v) is 3.94. The maximum absolute atomic E-state index is 12.5. The Balaban J connectivity index is 2.76. The molecule has 3 nitrogen and oxygen atoms in total. The van der Waals surface area contributed by atoms with E-state index < -0.39 is 11.7 Å². The van der Waals surface area contributed by atoms with Gasteiger partial charge < -0.3 is 15.4 Å². The highest BCUT2D eigenvalue weighted by Crippen LogP contribution is 2.33. The normalized spacial score (nSPS) is 11.9.